The summed E-state index contributed by atoms with van der Waals surface area (Å²) in [6.45, 7) is 0.954. The predicted octanol–water partition coefficient (Wildman–Crippen LogP) is 2.95. The molecule has 0 saturated heterocycles. The highest BCUT2D eigenvalue weighted by molar-refractivity contribution is 5.93. The van der Waals surface area contributed by atoms with E-state index in [0.29, 0.717) is 19.4 Å². The van der Waals surface area contributed by atoms with Crippen molar-refractivity contribution in [2.45, 2.75) is 57.8 Å². The van der Waals surface area contributed by atoms with E-state index in [2.05, 4.69) is 4.98 Å². The number of unbranched alkanes of at least 4 members (excludes halogenated alkanes) is 5. The van der Waals surface area contributed by atoms with Gasteiger partial charge in [-0.1, -0.05) is 31.7 Å². The average Bonchev–Trinajstić information content (AvgIpc) is 2.61. The molecule has 0 saturated carbocycles. The van der Waals surface area contributed by atoms with Gasteiger partial charge in [0.15, 0.2) is 5.92 Å². The molecule has 0 amide bonds. The van der Waals surface area contributed by atoms with Crippen molar-refractivity contribution in [3.05, 3.63) is 30.1 Å². The van der Waals surface area contributed by atoms with Gasteiger partial charge in [0.05, 0.1) is 6.61 Å². The summed E-state index contributed by atoms with van der Waals surface area (Å²) in [4.78, 5) is 27.3. The van der Waals surface area contributed by atoms with Crippen molar-refractivity contribution < 1.29 is 19.4 Å². The Morgan fingerprint density at radius 2 is 1.88 bits per heavy atom. The number of nitrogens with two attached hydrogens (primary N) is 1. The van der Waals surface area contributed by atoms with Crippen molar-refractivity contribution in [3.63, 3.8) is 0 Å². The number of pyridine rings is 1. The number of rotatable bonds is 14. The number of carbonyl (C=O) groups is 2. The van der Waals surface area contributed by atoms with Crippen LogP contribution in [0.3, 0.4) is 0 Å². The normalized spacial score (nSPS) is 11.9. The van der Waals surface area contributed by atoms with Gasteiger partial charge in [0.1, 0.15) is 0 Å². The van der Waals surface area contributed by atoms with Crippen molar-refractivity contribution >= 4 is 11.9 Å². The quantitative estimate of drug-likeness (QED) is 0.304. The molecule has 0 fully saturated rings. The maximum atomic E-state index is 11.9. The molecule has 6 nitrogen and oxygen atoms in total. The van der Waals surface area contributed by atoms with E-state index >= 15 is 0 Å². The van der Waals surface area contributed by atoms with Gasteiger partial charge in [0, 0.05) is 12.4 Å². The van der Waals surface area contributed by atoms with Crippen LogP contribution in [0.5, 0.6) is 0 Å². The summed E-state index contributed by atoms with van der Waals surface area (Å²) in [5.41, 5.74) is 6.58. The standard InChI is InChI=1S/C19H30N2O4/c20-12-6-1-2-7-14-25-19(24)17(18(22)23)11-5-3-4-9-16-10-8-13-21-15-16/h8,10,13,15,17H,1-7,9,11-12,14,20H2,(H,22,23). The van der Waals surface area contributed by atoms with E-state index in [9.17, 15) is 14.7 Å². The molecular formula is C19H30N2O4. The van der Waals surface area contributed by atoms with Gasteiger partial charge >= 0.3 is 11.9 Å². The zero-order valence-electron chi connectivity index (χ0n) is 14.9. The molecule has 25 heavy (non-hydrogen) atoms. The summed E-state index contributed by atoms with van der Waals surface area (Å²) in [6, 6.07) is 3.93. The second kappa shape index (κ2) is 13.4. The molecule has 0 aliphatic carbocycles. The molecule has 1 aromatic rings. The van der Waals surface area contributed by atoms with Gasteiger partial charge in [-0.05, 0) is 50.3 Å². The van der Waals surface area contributed by atoms with Crippen LogP contribution in [0.25, 0.3) is 0 Å². The molecular weight excluding hydrogens is 320 g/mol. The van der Waals surface area contributed by atoms with Gasteiger partial charge in [-0.25, -0.2) is 0 Å². The summed E-state index contributed by atoms with van der Waals surface area (Å²) >= 11 is 0. The third kappa shape index (κ3) is 9.82. The Balaban J connectivity index is 2.17. The first-order chi connectivity index (χ1) is 12.1. The van der Waals surface area contributed by atoms with E-state index in [1.54, 1.807) is 6.20 Å². The van der Waals surface area contributed by atoms with Crippen LogP contribution in [0, 0.1) is 5.92 Å². The molecule has 1 atom stereocenters. The third-order valence-corrected chi connectivity index (χ3v) is 4.11. The van der Waals surface area contributed by atoms with Crippen LogP contribution in [0.4, 0.5) is 0 Å². The molecule has 1 aromatic heterocycles. The summed E-state index contributed by atoms with van der Waals surface area (Å²) < 4.78 is 5.11. The first kappa shape index (κ1) is 21.1. The number of hydrogen-bond donors (Lipinski definition) is 2. The lowest BCUT2D eigenvalue weighted by atomic mass is 10.00. The van der Waals surface area contributed by atoms with E-state index in [1.807, 2.05) is 18.3 Å². The lowest BCUT2D eigenvalue weighted by Crippen LogP contribution is -2.26. The number of aromatic nitrogens is 1. The predicted molar refractivity (Wildman–Crippen MR) is 96.0 cm³/mol. The summed E-state index contributed by atoms with van der Waals surface area (Å²) in [6.07, 6.45) is 11.0. The molecule has 0 bridgehead atoms. The molecule has 0 aliphatic rings. The second-order valence-electron chi connectivity index (χ2n) is 6.22. The van der Waals surface area contributed by atoms with Crippen molar-refractivity contribution in [1.82, 2.24) is 4.98 Å². The van der Waals surface area contributed by atoms with E-state index in [-0.39, 0.29) is 6.61 Å². The minimum atomic E-state index is -1.10. The number of aliphatic carboxylic acids is 1. The number of carbonyl (C=O) groups excluding carboxylic acids is 1. The largest absolute Gasteiger partial charge is 0.481 e. The number of carboxylic acid groups (broad SMARTS) is 1. The van der Waals surface area contributed by atoms with Crippen LogP contribution < -0.4 is 5.73 Å². The topological polar surface area (TPSA) is 103 Å². The Kier molecular flexibility index (Phi) is 11.3. The minimum Gasteiger partial charge on any atom is -0.481 e. The van der Waals surface area contributed by atoms with Crippen LogP contribution in [-0.2, 0) is 20.7 Å². The van der Waals surface area contributed by atoms with Crippen LogP contribution in [0.15, 0.2) is 24.5 Å². The van der Waals surface area contributed by atoms with Crippen molar-refractivity contribution in [1.29, 1.82) is 0 Å². The summed E-state index contributed by atoms with van der Waals surface area (Å²) in [5, 5.41) is 9.23. The van der Waals surface area contributed by atoms with Crippen LogP contribution in [0.2, 0.25) is 0 Å². The molecule has 1 unspecified atom stereocenters. The van der Waals surface area contributed by atoms with E-state index < -0.39 is 17.9 Å². The summed E-state index contributed by atoms with van der Waals surface area (Å²) in [5.74, 6) is -2.76. The molecule has 1 rings (SSSR count). The van der Waals surface area contributed by atoms with Gasteiger partial charge in [0.25, 0.3) is 0 Å². The second-order valence-corrected chi connectivity index (χ2v) is 6.22. The van der Waals surface area contributed by atoms with Gasteiger partial charge in [-0.3, -0.25) is 14.6 Å². The number of carboxylic acids is 1. The fraction of sp³-hybridized carbons (Fsp3) is 0.632. The lowest BCUT2D eigenvalue weighted by Gasteiger charge is -2.12. The van der Waals surface area contributed by atoms with Gasteiger partial charge in [-0.2, -0.15) is 0 Å². The Labute approximate surface area is 149 Å². The molecule has 140 valence electrons. The molecule has 1 heterocycles. The monoisotopic (exact) mass is 350 g/mol. The Bertz CT molecular complexity index is 493. The number of nitrogens with zero attached hydrogens (tertiary/aromatic N) is 1. The fourth-order valence-electron chi connectivity index (χ4n) is 2.62. The Morgan fingerprint density at radius 1 is 1.12 bits per heavy atom. The number of ether oxygens (including phenoxy) is 1. The van der Waals surface area contributed by atoms with Crippen LogP contribution in [-0.4, -0.2) is 35.2 Å². The molecule has 6 heteroatoms. The molecule has 0 aromatic carbocycles. The minimum absolute atomic E-state index is 0.286. The maximum Gasteiger partial charge on any atom is 0.320 e. The first-order valence-corrected chi connectivity index (χ1v) is 9.13. The summed E-state index contributed by atoms with van der Waals surface area (Å²) in [7, 11) is 0. The third-order valence-electron chi connectivity index (χ3n) is 4.11. The zero-order valence-corrected chi connectivity index (χ0v) is 14.9. The smallest absolute Gasteiger partial charge is 0.320 e. The highest BCUT2D eigenvalue weighted by atomic mass is 16.5. The van der Waals surface area contributed by atoms with Crippen LogP contribution >= 0.6 is 0 Å². The molecule has 0 aliphatic heterocycles. The van der Waals surface area contributed by atoms with Gasteiger partial charge in [0.2, 0.25) is 0 Å². The van der Waals surface area contributed by atoms with E-state index in [1.165, 1.54) is 5.56 Å². The molecule has 0 spiro atoms. The highest BCUT2D eigenvalue weighted by Gasteiger charge is 2.27. The zero-order chi connectivity index (χ0) is 18.3. The van der Waals surface area contributed by atoms with Gasteiger partial charge < -0.3 is 15.6 Å². The number of hydrogen-bond acceptors (Lipinski definition) is 5. The maximum absolute atomic E-state index is 11.9. The number of esters is 1. The highest BCUT2D eigenvalue weighted by Crippen LogP contribution is 2.14. The Hall–Kier alpha value is -1.95. The fourth-order valence-corrected chi connectivity index (χ4v) is 2.62. The van der Waals surface area contributed by atoms with Crippen molar-refractivity contribution in [2.24, 2.45) is 11.7 Å². The van der Waals surface area contributed by atoms with Crippen LogP contribution in [0.1, 0.15) is 56.9 Å². The van der Waals surface area contributed by atoms with Gasteiger partial charge in [-0.15, -0.1) is 0 Å². The van der Waals surface area contributed by atoms with E-state index in [0.717, 1.165) is 44.9 Å². The Morgan fingerprint density at radius 3 is 2.56 bits per heavy atom. The number of aryl methyl sites for hydroxylation is 1. The van der Waals surface area contributed by atoms with Crippen molar-refractivity contribution in [2.75, 3.05) is 13.2 Å². The van der Waals surface area contributed by atoms with E-state index in [4.69, 9.17) is 10.5 Å². The SMILES string of the molecule is NCCCCCCOC(=O)C(CCCCCc1cccnc1)C(=O)O. The average molecular weight is 350 g/mol. The molecule has 3 N–H and O–H groups in total. The molecule has 0 radical (unpaired) electrons. The lowest BCUT2D eigenvalue weighted by molar-refractivity contribution is -0.159. The first-order valence-electron chi connectivity index (χ1n) is 9.13. The van der Waals surface area contributed by atoms with Crippen molar-refractivity contribution in [3.8, 4) is 0 Å².